The van der Waals surface area contributed by atoms with Crippen LogP contribution in [0.3, 0.4) is 0 Å². The number of ether oxygens (including phenoxy) is 2. The van der Waals surface area contributed by atoms with Gasteiger partial charge in [0.1, 0.15) is 17.8 Å². The van der Waals surface area contributed by atoms with E-state index in [9.17, 15) is 18.0 Å². The number of benzene rings is 2. The third-order valence-electron chi connectivity index (χ3n) is 4.19. The maximum absolute atomic E-state index is 12.3. The van der Waals surface area contributed by atoms with Gasteiger partial charge in [-0.1, -0.05) is 12.1 Å². The highest BCUT2D eigenvalue weighted by Crippen LogP contribution is 2.24. The molecule has 1 N–H and O–H groups in total. The first-order valence-electron chi connectivity index (χ1n) is 9.94. The lowest BCUT2D eigenvalue weighted by Gasteiger charge is -2.20. The van der Waals surface area contributed by atoms with Crippen molar-refractivity contribution in [1.29, 1.82) is 0 Å². The largest absolute Gasteiger partial charge is 0.573 e. The summed E-state index contributed by atoms with van der Waals surface area (Å²) in [7, 11) is 0. The van der Waals surface area contributed by atoms with Crippen LogP contribution in [0.1, 0.15) is 37.7 Å². The van der Waals surface area contributed by atoms with Crippen LogP contribution in [0.2, 0.25) is 0 Å². The zero-order chi connectivity index (χ0) is 24.2. The van der Waals surface area contributed by atoms with Gasteiger partial charge < -0.3 is 14.8 Å². The third-order valence-corrected chi connectivity index (χ3v) is 4.19. The summed E-state index contributed by atoms with van der Waals surface area (Å²) >= 11 is 0. The van der Waals surface area contributed by atoms with Gasteiger partial charge in [0, 0.05) is 5.54 Å². The van der Waals surface area contributed by atoms with Gasteiger partial charge in [-0.25, -0.2) is 14.5 Å². The van der Waals surface area contributed by atoms with Crippen LogP contribution in [-0.4, -0.2) is 32.8 Å². The number of aromatic nitrogens is 3. The highest BCUT2D eigenvalue weighted by molar-refractivity contribution is 5.72. The smallest absolute Gasteiger partial charge is 0.410 e. The van der Waals surface area contributed by atoms with E-state index in [0.717, 1.165) is 11.1 Å². The molecule has 0 fully saturated rings. The van der Waals surface area contributed by atoms with Crippen LogP contribution in [0, 0.1) is 6.92 Å². The number of carbonyl (C=O) groups is 1. The van der Waals surface area contributed by atoms with Gasteiger partial charge in [-0.15, -0.1) is 18.3 Å². The molecule has 0 saturated heterocycles. The Morgan fingerprint density at radius 2 is 1.70 bits per heavy atom. The molecular weight excluding hydrogens is 437 g/mol. The molecule has 3 rings (SSSR count). The summed E-state index contributed by atoms with van der Waals surface area (Å²) in [4.78, 5) is 16.1. The number of nitrogens with zero attached hydrogens (tertiary/aromatic N) is 3. The molecule has 2 aromatic carbocycles. The average molecular weight is 460 g/mol. The first-order valence-corrected chi connectivity index (χ1v) is 9.94. The topological polar surface area (TPSA) is 78.3 Å². The Morgan fingerprint density at radius 3 is 2.30 bits per heavy atom. The predicted molar refractivity (Wildman–Crippen MR) is 117 cm³/mol. The maximum Gasteiger partial charge on any atom is 0.573 e. The molecule has 0 aliphatic rings. The van der Waals surface area contributed by atoms with Crippen LogP contribution in [0.5, 0.6) is 11.5 Å². The van der Waals surface area contributed by atoms with Crippen LogP contribution in [0.4, 0.5) is 18.0 Å². The summed E-state index contributed by atoms with van der Waals surface area (Å²) in [5.41, 5.74) is 1.89. The first kappa shape index (κ1) is 23.8. The highest BCUT2D eigenvalue weighted by Gasteiger charge is 2.31. The molecule has 0 atom stereocenters. The Labute approximate surface area is 188 Å². The third kappa shape index (κ3) is 7.37. The molecule has 0 spiro atoms. The number of amides is 1. The van der Waals surface area contributed by atoms with Crippen molar-refractivity contribution in [2.24, 2.45) is 0 Å². The van der Waals surface area contributed by atoms with Crippen molar-refractivity contribution in [3.8, 4) is 17.2 Å². The summed E-state index contributed by atoms with van der Waals surface area (Å²) in [5, 5.41) is 7.02. The normalized spacial score (nSPS) is 12.1. The molecule has 0 radical (unpaired) electrons. The Kier molecular flexibility index (Phi) is 6.75. The van der Waals surface area contributed by atoms with Gasteiger partial charge in [-0.2, -0.15) is 0 Å². The van der Waals surface area contributed by atoms with Gasteiger partial charge in [-0.05, 0) is 81.3 Å². The summed E-state index contributed by atoms with van der Waals surface area (Å²) < 4.78 is 47.4. The molecule has 174 valence electrons. The number of rotatable bonds is 5. The Bertz CT molecular complexity index is 1150. The van der Waals surface area contributed by atoms with Gasteiger partial charge in [-0.3, -0.25) is 0 Å². The SMILES string of the molecule is Cc1cc(OC(=O)NC(C)(C)C)ccc1/C=C/c1ncn(-c2ccc(OC(F)(F)F)cc2)n1. The summed E-state index contributed by atoms with van der Waals surface area (Å²) in [6, 6.07) is 10.5. The van der Waals surface area contributed by atoms with E-state index in [4.69, 9.17) is 4.74 Å². The van der Waals surface area contributed by atoms with Crippen molar-refractivity contribution < 1.29 is 27.4 Å². The van der Waals surface area contributed by atoms with Crippen molar-refractivity contribution in [2.45, 2.75) is 39.6 Å². The molecule has 33 heavy (non-hydrogen) atoms. The van der Waals surface area contributed by atoms with Crippen molar-refractivity contribution >= 4 is 18.2 Å². The predicted octanol–water partition coefficient (Wildman–Crippen LogP) is 5.53. The van der Waals surface area contributed by atoms with Crippen LogP contribution in [-0.2, 0) is 0 Å². The molecule has 1 heterocycles. The minimum absolute atomic E-state index is 0.315. The minimum Gasteiger partial charge on any atom is -0.410 e. The quantitative estimate of drug-likeness (QED) is 0.542. The molecular formula is C23H23F3N4O3. The van der Waals surface area contributed by atoms with Crippen LogP contribution < -0.4 is 14.8 Å². The van der Waals surface area contributed by atoms with E-state index in [2.05, 4.69) is 20.1 Å². The van der Waals surface area contributed by atoms with Crippen LogP contribution >= 0.6 is 0 Å². The number of nitrogens with one attached hydrogen (secondary N) is 1. The molecule has 7 nitrogen and oxygen atoms in total. The molecule has 0 aliphatic carbocycles. The van der Waals surface area contributed by atoms with E-state index in [1.807, 2.05) is 39.8 Å². The Hall–Kier alpha value is -3.82. The number of hydrogen-bond acceptors (Lipinski definition) is 5. The summed E-state index contributed by atoms with van der Waals surface area (Å²) in [5.74, 6) is 0.520. The van der Waals surface area contributed by atoms with E-state index in [1.165, 1.54) is 35.3 Å². The number of hydrogen-bond donors (Lipinski definition) is 1. The van der Waals surface area contributed by atoms with E-state index < -0.39 is 18.0 Å². The number of carbonyl (C=O) groups excluding carboxylic acids is 1. The molecule has 0 bridgehead atoms. The van der Waals surface area contributed by atoms with Crippen molar-refractivity contribution in [3.05, 3.63) is 65.7 Å². The van der Waals surface area contributed by atoms with Gasteiger partial charge in [0.25, 0.3) is 0 Å². The Morgan fingerprint density at radius 1 is 1.03 bits per heavy atom. The van der Waals surface area contributed by atoms with Crippen molar-refractivity contribution in [1.82, 2.24) is 20.1 Å². The van der Waals surface area contributed by atoms with E-state index in [0.29, 0.717) is 17.3 Å². The first-order chi connectivity index (χ1) is 15.4. The van der Waals surface area contributed by atoms with Crippen LogP contribution in [0.25, 0.3) is 17.8 Å². The lowest BCUT2D eigenvalue weighted by molar-refractivity contribution is -0.274. The van der Waals surface area contributed by atoms with E-state index in [1.54, 1.807) is 18.2 Å². The molecule has 0 aliphatic heterocycles. The molecule has 0 unspecified atom stereocenters. The van der Waals surface area contributed by atoms with E-state index in [-0.39, 0.29) is 5.75 Å². The number of alkyl halides is 3. The summed E-state index contributed by atoms with van der Waals surface area (Å²) in [6.45, 7) is 7.46. The number of halogens is 3. The zero-order valence-corrected chi connectivity index (χ0v) is 18.5. The molecule has 10 heteroatoms. The fraction of sp³-hybridized carbons (Fsp3) is 0.261. The molecule has 1 aromatic heterocycles. The molecule has 0 saturated carbocycles. The number of aryl methyl sites for hydroxylation is 1. The van der Waals surface area contributed by atoms with Gasteiger partial charge in [0.15, 0.2) is 5.82 Å². The average Bonchev–Trinajstić information content (AvgIpc) is 3.14. The second-order valence-electron chi connectivity index (χ2n) is 8.21. The van der Waals surface area contributed by atoms with Gasteiger partial charge in [0.2, 0.25) is 0 Å². The van der Waals surface area contributed by atoms with Crippen LogP contribution in [0.15, 0.2) is 48.8 Å². The fourth-order valence-corrected chi connectivity index (χ4v) is 2.78. The summed E-state index contributed by atoms with van der Waals surface area (Å²) in [6.07, 6.45) is -0.301. The highest BCUT2D eigenvalue weighted by atomic mass is 19.4. The molecule has 3 aromatic rings. The van der Waals surface area contributed by atoms with Crippen molar-refractivity contribution in [2.75, 3.05) is 0 Å². The van der Waals surface area contributed by atoms with E-state index >= 15 is 0 Å². The fourth-order valence-electron chi connectivity index (χ4n) is 2.78. The Balaban J connectivity index is 1.65. The van der Waals surface area contributed by atoms with Crippen molar-refractivity contribution in [3.63, 3.8) is 0 Å². The van der Waals surface area contributed by atoms with Gasteiger partial charge in [0.05, 0.1) is 5.69 Å². The second kappa shape index (κ2) is 9.35. The monoisotopic (exact) mass is 460 g/mol. The second-order valence-corrected chi connectivity index (χ2v) is 8.21. The lowest BCUT2D eigenvalue weighted by atomic mass is 10.1. The van der Waals surface area contributed by atoms with Gasteiger partial charge >= 0.3 is 12.5 Å². The standard InChI is InChI=1S/C23H23F3N4O3/c1-15-13-19(32-21(31)28-22(2,3)4)9-5-16(15)6-12-20-27-14-30(29-20)17-7-10-18(11-8-17)33-23(24,25)26/h5-14H,1-4H3,(H,28,31)/b12-6+. The lowest BCUT2D eigenvalue weighted by Crippen LogP contribution is -2.42. The zero-order valence-electron chi connectivity index (χ0n) is 18.5. The molecule has 1 amide bonds. The minimum atomic E-state index is -4.74. The maximum atomic E-state index is 12.3.